The maximum absolute atomic E-state index is 11.6. The second-order valence-corrected chi connectivity index (χ2v) is 4.25. The summed E-state index contributed by atoms with van der Waals surface area (Å²) >= 11 is 0. The quantitative estimate of drug-likeness (QED) is 0.725. The van der Waals surface area contributed by atoms with Crippen LogP contribution in [0.4, 0.5) is 0 Å². The minimum atomic E-state index is -1.00. The summed E-state index contributed by atoms with van der Waals surface area (Å²) in [6.45, 7) is 1.98. The van der Waals surface area contributed by atoms with E-state index in [0.717, 1.165) is 18.5 Å². The normalized spacial score (nSPS) is 12.5. The third-order valence-electron chi connectivity index (χ3n) is 2.73. The van der Waals surface area contributed by atoms with Gasteiger partial charge in [-0.1, -0.05) is 19.8 Å². The summed E-state index contributed by atoms with van der Waals surface area (Å²) in [4.78, 5) is 22.6. The van der Waals surface area contributed by atoms with Crippen molar-refractivity contribution in [3.63, 3.8) is 0 Å². The number of hydrogen-bond donors (Lipinski definition) is 2. The standard InChI is InChI=1S/C13H19N3O3/c1-3-4-5-11(13(18)19)15-12(17)7-6-10-8-9-14-16(10)2/h6-9,11H,3-5H2,1-2H3,(H,15,17)(H,18,19)/b7-6+/t11-/m0/s1. The summed E-state index contributed by atoms with van der Waals surface area (Å²) in [7, 11) is 1.76. The second kappa shape index (κ2) is 7.35. The van der Waals surface area contributed by atoms with Crippen molar-refractivity contribution in [2.45, 2.75) is 32.2 Å². The molecule has 0 bridgehead atoms. The molecular formula is C13H19N3O3. The van der Waals surface area contributed by atoms with Crippen molar-refractivity contribution in [2.75, 3.05) is 0 Å². The van der Waals surface area contributed by atoms with Gasteiger partial charge in [0.05, 0.1) is 5.69 Å². The largest absolute Gasteiger partial charge is 0.480 e. The molecule has 0 aliphatic rings. The van der Waals surface area contributed by atoms with E-state index >= 15 is 0 Å². The lowest BCUT2D eigenvalue weighted by molar-refractivity contribution is -0.141. The van der Waals surface area contributed by atoms with Crippen LogP contribution in [0.15, 0.2) is 18.3 Å². The monoisotopic (exact) mass is 265 g/mol. The molecule has 6 heteroatoms. The van der Waals surface area contributed by atoms with Gasteiger partial charge in [-0.25, -0.2) is 4.79 Å². The van der Waals surface area contributed by atoms with Crippen LogP contribution in [0, 0.1) is 0 Å². The van der Waals surface area contributed by atoms with E-state index in [1.165, 1.54) is 6.08 Å². The number of aliphatic carboxylic acids is 1. The fourth-order valence-corrected chi connectivity index (χ4v) is 1.59. The number of unbranched alkanes of at least 4 members (excludes halogenated alkanes) is 1. The zero-order chi connectivity index (χ0) is 14.3. The summed E-state index contributed by atoms with van der Waals surface area (Å²) in [6.07, 6.45) is 6.64. The van der Waals surface area contributed by atoms with Crippen LogP contribution < -0.4 is 5.32 Å². The number of nitrogens with one attached hydrogen (secondary N) is 1. The Morgan fingerprint density at radius 2 is 2.32 bits per heavy atom. The molecule has 1 heterocycles. The number of rotatable bonds is 7. The van der Waals surface area contributed by atoms with Crippen LogP contribution in [0.1, 0.15) is 31.9 Å². The van der Waals surface area contributed by atoms with Crippen LogP contribution >= 0.6 is 0 Å². The fraction of sp³-hybridized carbons (Fsp3) is 0.462. The van der Waals surface area contributed by atoms with E-state index in [4.69, 9.17) is 5.11 Å². The molecule has 0 aliphatic carbocycles. The van der Waals surface area contributed by atoms with Gasteiger partial charge in [0.1, 0.15) is 6.04 Å². The second-order valence-electron chi connectivity index (χ2n) is 4.25. The molecule has 1 atom stereocenters. The lowest BCUT2D eigenvalue weighted by Gasteiger charge is -2.12. The van der Waals surface area contributed by atoms with Crippen molar-refractivity contribution in [3.8, 4) is 0 Å². The van der Waals surface area contributed by atoms with Gasteiger partial charge < -0.3 is 10.4 Å². The van der Waals surface area contributed by atoms with Gasteiger partial charge in [-0.15, -0.1) is 0 Å². The van der Waals surface area contributed by atoms with Gasteiger partial charge in [-0.2, -0.15) is 5.10 Å². The van der Waals surface area contributed by atoms with Crippen molar-refractivity contribution in [1.29, 1.82) is 0 Å². The minimum Gasteiger partial charge on any atom is -0.480 e. The summed E-state index contributed by atoms with van der Waals surface area (Å²) in [5, 5.41) is 15.4. The molecule has 0 radical (unpaired) electrons. The highest BCUT2D eigenvalue weighted by atomic mass is 16.4. The minimum absolute atomic E-state index is 0.412. The SMILES string of the molecule is CCCC[C@H](NC(=O)/C=C/c1ccnn1C)C(=O)O. The Balaban J connectivity index is 2.55. The lowest BCUT2D eigenvalue weighted by atomic mass is 10.1. The first-order valence-electron chi connectivity index (χ1n) is 6.24. The Hall–Kier alpha value is -2.11. The number of aromatic nitrogens is 2. The summed E-state index contributed by atoms with van der Waals surface area (Å²) in [5.74, 6) is -1.42. The maximum Gasteiger partial charge on any atom is 0.326 e. The van der Waals surface area contributed by atoms with Gasteiger partial charge in [0.2, 0.25) is 5.91 Å². The molecule has 0 saturated heterocycles. The Labute approximate surface area is 112 Å². The zero-order valence-electron chi connectivity index (χ0n) is 11.2. The molecule has 1 aromatic heterocycles. The molecule has 19 heavy (non-hydrogen) atoms. The zero-order valence-corrected chi connectivity index (χ0v) is 11.2. The predicted octanol–water partition coefficient (Wildman–Crippen LogP) is 1.19. The number of carboxylic acids is 1. The third kappa shape index (κ3) is 4.95. The van der Waals surface area contributed by atoms with Gasteiger partial charge in [0, 0.05) is 19.3 Å². The molecular weight excluding hydrogens is 246 g/mol. The van der Waals surface area contributed by atoms with Crippen molar-refractivity contribution >= 4 is 18.0 Å². The number of aryl methyl sites for hydroxylation is 1. The molecule has 0 aliphatic heterocycles. The highest BCUT2D eigenvalue weighted by molar-refractivity contribution is 5.94. The lowest BCUT2D eigenvalue weighted by Crippen LogP contribution is -2.39. The molecule has 1 aromatic rings. The average molecular weight is 265 g/mol. The Kier molecular flexibility index (Phi) is 5.78. The summed E-state index contributed by atoms with van der Waals surface area (Å²) in [6, 6.07) is 0.930. The Morgan fingerprint density at radius 3 is 2.84 bits per heavy atom. The van der Waals surface area contributed by atoms with Crippen molar-refractivity contribution in [1.82, 2.24) is 15.1 Å². The van der Waals surface area contributed by atoms with Crippen LogP contribution in [0.5, 0.6) is 0 Å². The Morgan fingerprint density at radius 1 is 1.58 bits per heavy atom. The number of nitrogens with zero attached hydrogens (tertiary/aromatic N) is 2. The molecule has 1 rings (SSSR count). The van der Waals surface area contributed by atoms with Gasteiger partial charge in [0.15, 0.2) is 0 Å². The fourth-order valence-electron chi connectivity index (χ4n) is 1.59. The third-order valence-corrected chi connectivity index (χ3v) is 2.73. The van der Waals surface area contributed by atoms with Crippen LogP contribution in [-0.4, -0.2) is 32.8 Å². The molecule has 0 unspecified atom stereocenters. The molecule has 6 nitrogen and oxygen atoms in total. The highest BCUT2D eigenvalue weighted by Gasteiger charge is 2.17. The summed E-state index contributed by atoms with van der Waals surface area (Å²) < 4.78 is 1.62. The molecule has 0 fully saturated rings. The van der Waals surface area contributed by atoms with Crippen LogP contribution in [-0.2, 0) is 16.6 Å². The van der Waals surface area contributed by atoms with Crippen LogP contribution in [0.25, 0.3) is 6.08 Å². The van der Waals surface area contributed by atoms with Crippen molar-refractivity contribution < 1.29 is 14.7 Å². The van der Waals surface area contributed by atoms with Gasteiger partial charge in [-0.3, -0.25) is 9.48 Å². The number of carbonyl (C=O) groups is 2. The van der Waals surface area contributed by atoms with E-state index < -0.39 is 17.9 Å². The maximum atomic E-state index is 11.6. The highest BCUT2D eigenvalue weighted by Crippen LogP contribution is 2.02. The smallest absolute Gasteiger partial charge is 0.326 e. The molecule has 1 amide bonds. The summed E-state index contributed by atoms with van der Waals surface area (Å²) in [5.41, 5.74) is 0.774. The first kappa shape index (κ1) is 14.9. The van der Waals surface area contributed by atoms with E-state index in [2.05, 4.69) is 10.4 Å². The molecule has 2 N–H and O–H groups in total. The van der Waals surface area contributed by atoms with Crippen LogP contribution in [0.3, 0.4) is 0 Å². The van der Waals surface area contributed by atoms with Crippen molar-refractivity contribution in [3.05, 3.63) is 24.0 Å². The molecule has 104 valence electrons. The van der Waals surface area contributed by atoms with E-state index in [-0.39, 0.29) is 0 Å². The molecule has 0 saturated carbocycles. The first-order chi connectivity index (χ1) is 9.04. The number of carbonyl (C=O) groups excluding carboxylic acids is 1. The Bertz CT molecular complexity index is 465. The van der Waals surface area contributed by atoms with Crippen molar-refractivity contribution in [2.24, 2.45) is 7.05 Å². The van der Waals surface area contributed by atoms with Gasteiger partial charge >= 0.3 is 5.97 Å². The molecule has 0 aromatic carbocycles. The topological polar surface area (TPSA) is 84.2 Å². The van der Waals surface area contributed by atoms with E-state index in [1.807, 2.05) is 6.92 Å². The van der Waals surface area contributed by atoms with E-state index in [0.29, 0.717) is 6.42 Å². The molecule has 0 spiro atoms. The number of carboxylic acid groups (broad SMARTS) is 1. The number of hydrogen-bond acceptors (Lipinski definition) is 3. The average Bonchev–Trinajstić information content (AvgIpc) is 2.77. The van der Waals surface area contributed by atoms with Gasteiger partial charge in [0.25, 0.3) is 0 Å². The van der Waals surface area contributed by atoms with Gasteiger partial charge in [-0.05, 0) is 18.6 Å². The van der Waals surface area contributed by atoms with Crippen LogP contribution in [0.2, 0.25) is 0 Å². The predicted molar refractivity (Wildman–Crippen MR) is 71.3 cm³/mol. The first-order valence-corrected chi connectivity index (χ1v) is 6.24. The van der Waals surface area contributed by atoms with E-state index in [9.17, 15) is 9.59 Å². The van der Waals surface area contributed by atoms with E-state index in [1.54, 1.807) is 30.1 Å². The number of amides is 1.